The van der Waals surface area contributed by atoms with Crippen LogP contribution in [-0.4, -0.2) is 39.5 Å². The summed E-state index contributed by atoms with van der Waals surface area (Å²) in [6.45, 7) is 8.50. The minimum absolute atomic E-state index is 0.0986. The number of benzene rings is 1. The lowest BCUT2D eigenvalue weighted by atomic mass is 9.48. The van der Waals surface area contributed by atoms with Gasteiger partial charge in [0.1, 0.15) is 0 Å². The Balaban J connectivity index is 1.44. The Kier molecular flexibility index (Phi) is 5.12. The first-order valence-corrected chi connectivity index (χ1v) is 12.0. The zero-order valence-corrected chi connectivity index (χ0v) is 18.6. The van der Waals surface area contributed by atoms with Crippen molar-refractivity contribution in [1.29, 1.82) is 5.41 Å². The van der Waals surface area contributed by atoms with E-state index < -0.39 is 0 Å². The third kappa shape index (κ3) is 3.26. The van der Waals surface area contributed by atoms with Gasteiger partial charge in [-0.3, -0.25) is 10.2 Å². The highest BCUT2D eigenvalue weighted by molar-refractivity contribution is 5.87. The number of rotatable bonds is 8. The third-order valence-corrected chi connectivity index (χ3v) is 8.44. The summed E-state index contributed by atoms with van der Waals surface area (Å²) < 4.78 is 4.08. The summed E-state index contributed by atoms with van der Waals surface area (Å²) in [5, 5.41) is 8.92. The summed E-state index contributed by atoms with van der Waals surface area (Å²) in [4.78, 5) is 16.1. The predicted molar refractivity (Wildman–Crippen MR) is 119 cm³/mol. The molecule has 1 N–H and O–H groups in total. The van der Waals surface area contributed by atoms with E-state index in [1.165, 1.54) is 19.3 Å². The number of hydrogen-bond donors (Lipinski definition) is 1. The number of nitrogens with zero attached hydrogens (tertiary/aromatic N) is 3. The van der Waals surface area contributed by atoms with Crippen molar-refractivity contribution in [3.8, 4) is 0 Å². The van der Waals surface area contributed by atoms with Crippen LogP contribution in [0.25, 0.3) is 11.0 Å². The summed E-state index contributed by atoms with van der Waals surface area (Å²) in [5.74, 6) is 2.72. The Labute approximate surface area is 179 Å². The van der Waals surface area contributed by atoms with Gasteiger partial charge in [0.15, 0.2) is 5.78 Å². The summed E-state index contributed by atoms with van der Waals surface area (Å²) in [5.41, 5.74) is 2.48. The van der Waals surface area contributed by atoms with Crippen LogP contribution >= 0.6 is 0 Å². The number of ketones is 1. The van der Waals surface area contributed by atoms with Gasteiger partial charge in [-0.25, -0.2) is 0 Å². The predicted octanol–water partition coefficient (Wildman–Crippen LogP) is 4.05. The van der Waals surface area contributed by atoms with Crippen molar-refractivity contribution < 1.29 is 4.79 Å². The lowest BCUT2D eigenvalue weighted by Gasteiger charge is -2.56. The normalized spacial score (nSPS) is 29.9. The smallest absolute Gasteiger partial charge is 0.203 e. The molecule has 4 bridgehead atoms. The van der Waals surface area contributed by atoms with E-state index in [0.29, 0.717) is 17.9 Å². The molecule has 0 spiro atoms. The molecule has 0 aliphatic heterocycles. The Morgan fingerprint density at radius 1 is 1.00 bits per heavy atom. The first-order valence-electron chi connectivity index (χ1n) is 12.0. The molecule has 162 valence electrons. The lowest BCUT2D eigenvalue weighted by Crippen LogP contribution is -2.51. The fraction of sp³-hybridized carbons (Fsp3) is 0.680. The second-order valence-electron chi connectivity index (χ2n) is 10.2. The van der Waals surface area contributed by atoms with E-state index in [9.17, 15) is 4.79 Å². The van der Waals surface area contributed by atoms with Crippen molar-refractivity contribution in [2.24, 2.45) is 23.2 Å². The summed E-state index contributed by atoms with van der Waals surface area (Å²) >= 11 is 0. The zero-order valence-electron chi connectivity index (χ0n) is 18.6. The minimum Gasteiger partial charge on any atom is -0.309 e. The van der Waals surface area contributed by atoms with Crippen LogP contribution in [0.15, 0.2) is 24.3 Å². The Morgan fingerprint density at radius 2 is 1.53 bits per heavy atom. The Morgan fingerprint density at radius 3 is 2.07 bits per heavy atom. The van der Waals surface area contributed by atoms with Crippen LogP contribution in [0, 0.1) is 28.6 Å². The number of nitrogens with one attached hydrogen (secondary N) is 1. The van der Waals surface area contributed by atoms with Crippen LogP contribution in [0.2, 0.25) is 0 Å². The number of carbonyl (C=O) groups is 1. The lowest BCUT2D eigenvalue weighted by molar-refractivity contribution is -0.144. The topological polar surface area (TPSA) is 54.0 Å². The molecule has 1 aromatic heterocycles. The molecule has 0 amide bonds. The average Bonchev–Trinajstić information content (AvgIpc) is 2.99. The van der Waals surface area contributed by atoms with Gasteiger partial charge in [0, 0.05) is 18.5 Å². The molecule has 4 saturated carbocycles. The third-order valence-electron chi connectivity index (χ3n) is 8.44. The van der Waals surface area contributed by atoms with Gasteiger partial charge in [0.05, 0.1) is 17.6 Å². The molecule has 5 nitrogen and oxygen atoms in total. The van der Waals surface area contributed by atoms with Crippen LogP contribution < -0.4 is 5.62 Å². The monoisotopic (exact) mass is 408 g/mol. The number of para-hydroxylation sites is 2. The highest BCUT2D eigenvalue weighted by atomic mass is 16.1. The molecule has 1 aromatic carbocycles. The summed E-state index contributed by atoms with van der Waals surface area (Å²) in [6, 6.07) is 8.25. The highest BCUT2D eigenvalue weighted by Crippen LogP contribution is 2.60. The molecule has 5 heteroatoms. The first kappa shape index (κ1) is 20.0. The van der Waals surface area contributed by atoms with Gasteiger partial charge in [-0.15, -0.1) is 0 Å². The van der Waals surface area contributed by atoms with Crippen LogP contribution in [0.1, 0.15) is 52.4 Å². The maximum absolute atomic E-state index is 13.7. The number of aromatic nitrogens is 2. The maximum atomic E-state index is 13.7. The fourth-order valence-corrected chi connectivity index (χ4v) is 7.23. The van der Waals surface area contributed by atoms with Crippen molar-refractivity contribution in [2.75, 3.05) is 19.6 Å². The average molecular weight is 409 g/mol. The van der Waals surface area contributed by atoms with Crippen LogP contribution in [-0.2, 0) is 17.9 Å². The van der Waals surface area contributed by atoms with Crippen molar-refractivity contribution >= 4 is 16.8 Å². The number of imidazole rings is 1. The second-order valence-corrected chi connectivity index (χ2v) is 10.2. The van der Waals surface area contributed by atoms with E-state index in [1.54, 1.807) is 0 Å². The van der Waals surface area contributed by atoms with Crippen molar-refractivity contribution in [3.05, 3.63) is 29.9 Å². The molecule has 6 rings (SSSR count). The molecular weight excluding hydrogens is 372 g/mol. The number of carbonyl (C=O) groups excluding carboxylic acids is 1. The molecule has 4 aliphatic carbocycles. The first-order chi connectivity index (χ1) is 14.5. The zero-order chi connectivity index (χ0) is 20.9. The second kappa shape index (κ2) is 7.67. The van der Waals surface area contributed by atoms with Crippen LogP contribution in [0.4, 0.5) is 0 Å². The molecular formula is C25H36N4O. The molecule has 4 fully saturated rings. The van der Waals surface area contributed by atoms with E-state index in [-0.39, 0.29) is 5.41 Å². The maximum Gasteiger partial charge on any atom is 0.203 e. The van der Waals surface area contributed by atoms with E-state index in [1.807, 2.05) is 16.7 Å². The molecule has 0 radical (unpaired) electrons. The summed E-state index contributed by atoms with van der Waals surface area (Å²) in [7, 11) is 0. The van der Waals surface area contributed by atoms with Gasteiger partial charge in [0.25, 0.3) is 0 Å². The molecule has 0 saturated heterocycles. The molecule has 0 atom stereocenters. The molecule has 30 heavy (non-hydrogen) atoms. The SMILES string of the molecule is CCN(CC)CCn1c(=N)n(CC(=O)C23CC4CC(CC(C4)C2)C3)c2ccccc21. The molecule has 1 heterocycles. The van der Waals surface area contributed by atoms with Crippen LogP contribution in [0.5, 0.6) is 0 Å². The standard InChI is InChI=1S/C25H36N4O/c1-3-27(4-2)9-10-28-21-7-5-6-8-22(21)29(24(28)26)17-23(30)25-14-18-11-19(15-25)13-20(12-18)16-25/h5-8,18-20,26H,3-4,9-17H2,1-2H3. The van der Waals surface area contributed by atoms with E-state index >= 15 is 0 Å². The fourth-order valence-electron chi connectivity index (χ4n) is 7.23. The van der Waals surface area contributed by atoms with Gasteiger partial charge in [-0.1, -0.05) is 26.0 Å². The molecule has 0 unspecified atom stereocenters. The minimum atomic E-state index is -0.0986. The summed E-state index contributed by atoms with van der Waals surface area (Å²) in [6.07, 6.45) is 7.38. The Bertz CT molecular complexity index is 961. The van der Waals surface area contributed by atoms with Gasteiger partial charge in [0.2, 0.25) is 5.62 Å². The van der Waals surface area contributed by atoms with Gasteiger partial charge in [-0.2, -0.15) is 0 Å². The molecule has 4 aliphatic rings. The van der Waals surface area contributed by atoms with Crippen molar-refractivity contribution in [3.63, 3.8) is 0 Å². The van der Waals surface area contributed by atoms with Crippen molar-refractivity contribution in [2.45, 2.75) is 65.5 Å². The number of Topliss-reactive ketones (excluding diaryl/α,β-unsaturated/α-hetero) is 1. The number of hydrogen-bond acceptors (Lipinski definition) is 3. The van der Waals surface area contributed by atoms with Crippen molar-refractivity contribution in [1.82, 2.24) is 14.0 Å². The molecule has 2 aromatic rings. The van der Waals surface area contributed by atoms with E-state index in [0.717, 1.165) is 74.2 Å². The number of likely N-dealkylation sites (N-methyl/N-ethyl adjacent to an activating group) is 1. The Hall–Kier alpha value is -1.88. The highest BCUT2D eigenvalue weighted by Gasteiger charge is 2.54. The van der Waals surface area contributed by atoms with E-state index in [4.69, 9.17) is 5.41 Å². The van der Waals surface area contributed by atoms with Gasteiger partial charge < -0.3 is 14.0 Å². The quantitative estimate of drug-likeness (QED) is 0.716. The van der Waals surface area contributed by atoms with Crippen LogP contribution in [0.3, 0.4) is 0 Å². The van der Waals surface area contributed by atoms with Gasteiger partial charge >= 0.3 is 0 Å². The van der Waals surface area contributed by atoms with Gasteiger partial charge in [-0.05, 0) is 81.5 Å². The van der Waals surface area contributed by atoms with E-state index in [2.05, 4.69) is 35.4 Å². The number of fused-ring (bicyclic) bond motifs is 1. The largest absolute Gasteiger partial charge is 0.309 e.